The summed E-state index contributed by atoms with van der Waals surface area (Å²) in [5.41, 5.74) is 0.00157. The fraction of sp³-hybridized carbons (Fsp3) is 0.524. The van der Waals surface area contributed by atoms with Crippen LogP contribution in [0.1, 0.15) is 50.5 Å². The molecule has 4 nitrogen and oxygen atoms in total. The predicted molar refractivity (Wildman–Crippen MR) is 98.8 cm³/mol. The van der Waals surface area contributed by atoms with Gasteiger partial charge in [0.25, 0.3) is 0 Å². The second-order valence-electron chi connectivity index (χ2n) is 7.42. The van der Waals surface area contributed by atoms with E-state index < -0.39 is 5.54 Å². The van der Waals surface area contributed by atoms with Crippen LogP contribution in [-0.4, -0.2) is 29.8 Å². The summed E-state index contributed by atoms with van der Waals surface area (Å²) in [7, 11) is 0. The van der Waals surface area contributed by atoms with E-state index in [1.807, 2.05) is 6.07 Å². The summed E-state index contributed by atoms with van der Waals surface area (Å²) in [4.78, 5) is 26.4. The normalized spacial score (nSPS) is 20.4. The van der Waals surface area contributed by atoms with E-state index in [0.29, 0.717) is 31.5 Å². The summed E-state index contributed by atoms with van der Waals surface area (Å²) < 4.78 is 14.5. The number of halogens is 1. The highest BCUT2D eigenvalue weighted by Crippen LogP contribution is 2.39. The van der Waals surface area contributed by atoms with Gasteiger partial charge >= 0.3 is 0 Å². The van der Waals surface area contributed by atoms with Crippen molar-refractivity contribution in [1.29, 1.82) is 0 Å². The minimum Gasteiger partial charge on any atom is -0.346 e. The molecule has 0 radical (unpaired) electrons. The van der Waals surface area contributed by atoms with Crippen LogP contribution in [0, 0.1) is 11.7 Å². The van der Waals surface area contributed by atoms with E-state index in [0.717, 1.165) is 32.1 Å². The maximum atomic E-state index is 14.5. The summed E-state index contributed by atoms with van der Waals surface area (Å²) in [5.74, 6) is -0.477. The van der Waals surface area contributed by atoms with Gasteiger partial charge in [0.05, 0.1) is 5.54 Å². The Labute approximate surface area is 154 Å². The number of hydrogen-bond acceptors (Lipinski definition) is 2. The third-order valence-corrected chi connectivity index (χ3v) is 5.81. The van der Waals surface area contributed by atoms with Crippen molar-refractivity contribution in [3.8, 4) is 0 Å². The Balaban J connectivity index is 1.72. The van der Waals surface area contributed by atoms with Crippen molar-refractivity contribution < 1.29 is 14.0 Å². The molecule has 5 heteroatoms. The van der Waals surface area contributed by atoms with E-state index >= 15 is 0 Å². The lowest BCUT2D eigenvalue weighted by molar-refractivity contribution is -0.133. The van der Waals surface area contributed by atoms with E-state index in [1.165, 1.54) is 12.1 Å². The van der Waals surface area contributed by atoms with Crippen molar-refractivity contribution in [3.05, 3.63) is 48.3 Å². The molecule has 1 aromatic carbocycles. The molecule has 26 heavy (non-hydrogen) atoms. The lowest BCUT2D eigenvalue weighted by atomic mass is 9.75. The molecule has 1 aromatic rings. The van der Waals surface area contributed by atoms with Crippen LogP contribution >= 0.6 is 0 Å². The van der Waals surface area contributed by atoms with Crippen LogP contribution in [0.25, 0.3) is 0 Å². The number of hydrogen-bond donors (Lipinski definition) is 1. The molecule has 1 aliphatic heterocycles. The highest BCUT2D eigenvalue weighted by molar-refractivity contribution is 5.87. The van der Waals surface area contributed by atoms with Gasteiger partial charge in [0.1, 0.15) is 5.82 Å². The van der Waals surface area contributed by atoms with Gasteiger partial charge < -0.3 is 10.2 Å². The van der Waals surface area contributed by atoms with Crippen molar-refractivity contribution in [2.24, 2.45) is 5.92 Å². The summed E-state index contributed by atoms with van der Waals surface area (Å²) in [6.07, 6.45) is 7.23. The SMILES string of the molecule is C=CC(=O)N1CCC(C(=O)NC2(c3ccccc3F)CCCCC2)CC1. The molecule has 0 unspecified atom stereocenters. The third kappa shape index (κ3) is 3.81. The number of carbonyl (C=O) groups excluding carboxylic acids is 2. The lowest BCUT2D eigenvalue weighted by Gasteiger charge is -2.40. The largest absolute Gasteiger partial charge is 0.346 e. The van der Waals surface area contributed by atoms with Crippen molar-refractivity contribution in [3.63, 3.8) is 0 Å². The summed E-state index contributed by atoms with van der Waals surface area (Å²) in [5, 5.41) is 3.21. The van der Waals surface area contributed by atoms with Gasteiger partial charge in [0.2, 0.25) is 11.8 Å². The summed E-state index contributed by atoms with van der Waals surface area (Å²) in [6.45, 7) is 4.64. The zero-order valence-corrected chi connectivity index (χ0v) is 15.2. The van der Waals surface area contributed by atoms with Gasteiger partial charge in [-0.2, -0.15) is 0 Å². The van der Waals surface area contributed by atoms with Crippen LogP contribution in [0.3, 0.4) is 0 Å². The fourth-order valence-corrected chi connectivity index (χ4v) is 4.30. The maximum Gasteiger partial charge on any atom is 0.245 e. The van der Waals surface area contributed by atoms with Crippen molar-refractivity contribution in [1.82, 2.24) is 10.2 Å². The van der Waals surface area contributed by atoms with Gasteiger partial charge in [0.15, 0.2) is 0 Å². The molecule has 0 aromatic heterocycles. The molecule has 1 saturated heterocycles. The zero-order chi connectivity index (χ0) is 18.6. The van der Waals surface area contributed by atoms with E-state index in [-0.39, 0.29) is 23.5 Å². The van der Waals surface area contributed by atoms with Crippen molar-refractivity contribution in [2.75, 3.05) is 13.1 Å². The van der Waals surface area contributed by atoms with Crippen LogP contribution in [0.15, 0.2) is 36.9 Å². The number of nitrogens with one attached hydrogen (secondary N) is 1. The number of piperidine rings is 1. The monoisotopic (exact) mass is 358 g/mol. The number of amides is 2. The van der Waals surface area contributed by atoms with Gasteiger partial charge in [-0.15, -0.1) is 0 Å². The molecular weight excluding hydrogens is 331 g/mol. The summed E-state index contributed by atoms with van der Waals surface area (Å²) >= 11 is 0. The van der Waals surface area contributed by atoms with Crippen molar-refractivity contribution in [2.45, 2.75) is 50.5 Å². The second-order valence-corrected chi connectivity index (χ2v) is 7.42. The van der Waals surface area contributed by atoms with Crippen LogP contribution in [0.5, 0.6) is 0 Å². The van der Waals surface area contributed by atoms with Crippen LogP contribution in [0.4, 0.5) is 4.39 Å². The number of carbonyl (C=O) groups is 2. The molecule has 1 heterocycles. The Morgan fingerprint density at radius 2 is 1.81 bits per heavy atom. The molecule has 2 aliphatic rings. The molecule has 0 atom stereocenters. The topological polar surface area (TPSA) is 49.4 Å². The maximum absolute atomic E-state index is 14.5. The first-order chi connectivity index (χ1) is 12.6. The number of nitrogens with zero attached hydrogens (tertiary/aromatic N) is 1. The smallest absolute Gasteiger partial charge is 0.245 e. The Hall–Kier alpha value is -2.17. The average Bonchev–Trinajstić information content (AvgIpc) is 2.68. The molecule has 2 fully saturated rings. The molecule has 2 amide bonds. The Kier molecular flexibility index (Phi) is 5.74. The molecule has 0 spiro atoms. The summed E-state index contributed by atoms with van der Waals surface area (Å²) in [6, 6.07) is 6.79. The molecule has 1 N–H and O–H groups in total. The zero-order valence-electron chi connectivity index (χ0n) is 15.2. The molecule has 1 saturated carbocycles. The number of benzene rings is 1. The van der Waals surface area contributed by atoms with Crippen LogP contribution in [-0.2, 0) is 15.1 Å². The fourth-order valence-electron chi connectivity index (χ4n) is 4.30. The number of likely N-dealkylation sites (tertiary alicyclic amines) is 1. The van der Waals surface area contributed by atoms with Crippen LogP contribution < -0.4 is 5.32 Å². The Morgan fingerprint density at radius 1 is 1.15 bits per heavy atom. The highest BCUT2D eigenvalue weighted by atomic mass is 19.1. The van der Waals surface area contributed by atoms with E-state index in [2.05, 4.69) is 11.9 Å². The quantitative estimate of drug-likeness (QED) is 0.837. The van der Waals surface area contributed by atoms with Crippen molar-refractivity contribution >= 4 is 11.8 Å². The van der Waals surface area contributed by atoms with E-state index in [9.17, 15) is 14.0 Å². The van der Waals surface area contributed by atoms with Gasteiger partial charge in [-0.1, -0.05) is 44.0 Å². The molecule has 0 bridgehead atoms. The first-order valence-electron chi connectivity index (χ1n) is 9.54. The first kappa shape index (κ1) is 18.6. The molecule has 1 aliphatic carbocycles. The third-order valence-electron chi connectivity index (χ3n) is 5.81. The van der Waals surface area contributed by atoms with Gasteiger partial charge in [0, 0.05) is 24.6 Å². The van der Waals surface area contributed by atoms with E-state index in [4.69, 9.17) is 0 Å². The first-order valence-corrected chi connectivity index (χ1v) is 9.54. The van der Waals surface area contributed by atoms with Crippen LogP contribution in [0.2, 0.25) is 0 Å². The molecule has 3 rings (SSSR count). The Bertz CT molecular complexity index is 674. The van der Waals surface area contributed by atoms with Gasteiger partial charge in [-0.05, 0) is 37.8 Å². The average molecular weight is 358 g/mol. The van der Waals surface area contributed by atoms with Gasteiger partial charge in [-0.25, -0.2) is 4.39 Å². The minimum atomic E-state index is -0.602. The second kappa shape index (κ2) is 8.02. The predicted octanol–water partition coefficient (Wildman–Crippen LogP) is 3.53. The van der Waals surface area contributed by atoms with Gasteiger partial charge in [-0.3, -0.25) is 9.59 Å². The van der Waals surface area contributed by atoms with E-state index in [1.54, 1.807) is 17.0 Å². The molecule has 140 valence electrons. The molecular formula is C21H27FN2O2. The standard InChI is InChI=1S/C21H27FN2O2/c1-2-19(25)24-14-10-16(11-15-24)20(26)23-21(12-6-3-7-13-21)17-8-4-5-9-18(17)22/h2,4-5,8-9,16H,1,3,6-7,10-15H2,(H,23,26). The Morgan fingerprint density at radius 3 is 2.42 bits per heavy atom. The highest BCUT2D eigenvalue weighted by Gasteiger charge is 2.39. The minimum absolute atomic E-state index is 0.0131. The number of rotatable bonds is 4. The lowest BCUT2D eigenvalue weighted by Crippen LogP contribution is -2.51.